The number of nitrogens with one attached hydrogen (secondary N) is 2. The first-order valence-electron chi connectivity index (χ1n) is 6.93. The molecular weight excluding hydrogens is 286 g/mol. The largest absolute Gasteiger partial charge is 0.387 e. The molecule has 1 atom stereocenters. The highest BCUT2D eigenvalue weighted by molar-refractivity contribution is 6.23. The Bertz CT molecular complexity index is 642. The van der Waals surface area contributed by atoms with Crippen LogP contribution in [0.2, 0.25) is 0 Å². The van der Waals surface area contributed by atoms with Crippen LogP contribution in [0.25, 0.3) is 0 Å². The Labute approximate surface area is 127 Å². The molecule has 1 aliphatic heterocycles. The Morgan fingerprint density at radius 3 is 2.68 bits per heavy atom. The molecule has 2 rings (SSSR count). The van der Waals surface area contributed by atoms with Crippen LogP contribution in [0.5, 0.6) is 0 Å². The summed E-state index contributed by atoms with van der Waals surface area (Å²) in [5.74, 6) is -1.16. The minimum absolute atomic E-state index is 0.0617. The van der Waals surface area contributed by atoms with E-state index in [0.29, 0.717) is 29.6 Å². The molecule has 22 heavy (non-hydrogen) atoms. The molecule has 1 aliphatic rings. The first-order valence-corrected chi connectivity index (χ1v) is 6.93. The molecule has 7 nitrogen and oxygen atoms in total. The molecule has 4 amide bonds. The highest BCUT2D eigenvalue weighted by atomic mass is 16.2. The third-order valence-electron chi connectivity index (χ3n) is 3.67. The molecule has 0 saturated carbocycles. The Kier molecular flexibility index (Phi) is 4.55. The lowest BCUT2D eigenvalue weighted by atomic mass is 10.1. The van der Waals surface area contributed by atoms with Crippen molar-refractivity contribution in [3.63, 3.8) is 0 Å². The van der Waals surface area contributed by atoms with Crippen molar-refractivity contribution in [3.8, 4) is 0 Å². The molecule has 0 fully saturated rings. The van der Waals surface area contributed by atoms with Gasteiger partial charge in [0, 0.05) is 25.2 Å². The molecule has 0 radical (unpaired) electrons. The van der Waals surface area contributed by atoms with Gasteiger partial charge in [-0.1, -0.05) is 6.07 Å². The van der Waals surface area contributed by atoms with Gasteiger partial charge in [0.25, 0.3) is 11.8 Å². The summed E-state index contributed by atoms with van der Waals surface area (Å²) < 4.78 is 0. The van der Waals surface area contributed by atoms with Crippen LogP contribution >= 0.6 is 0 Å². The lowest BCUT2D eigenvalue weighted by Crippen LogP contribution is -2.38. The summed E-state index contributed by atoms with van der Waals surface area (Å²) in [5.41, 5.74) is 1.32. The Morgan fingerprint density at radius 2 is 2.05 bits per heavy atom. The van der Waals surface area contributed by atoms with Gasteiger partial charge in [0.15, 0.2) is 0 Å². The number of hydrogen-bond donors (Lipinski definition) is 2. The topological polar surface area (TPSA) is 95.6 Å². The highest BCUT2D eigenvalue weighted by Gasteiger charge is 2.39. The number of amides is 4. The van der Waals surface area contributed by atoms with Gasteiger partial charge in [-0.15, -0.1) is 0 Å². The number of imide groups is 2. The van der Waals surface area contributed by atoms with Crippen molar-refractivity contribution in [2.75, 3.05) is 12.4 Å². The third-order valence-corrected chi connectivity index (χ3v) is 3.67. The van der Waals surface area contributed by atoms with Gasteiger partial charge in [-0.3, -0.25) is 29.4 Å². The molecule has 1 unspecified atom stereocenters. The predicted octanol–water partition coefficient (Wildman–Crippen LogP) is 0.766. The fraction of sp³-hybridized carbons (Fsp3) is 0.333. The zero-order valence-corrected chi connectivity index (χ0v) is 12.4. The second kappa shape index (κ2) is 6.38. The van der Waals surface area contributed by atoms with Crippen LogP contribution in [0, 0.1) is 0 Å². The van der Waals surface area contributed by atoms with Crippen molar-refractivity contribution in [2.24, 2.45) is 0 Å². The van der Waals surface area contributed by atoms with Gasteiger partial charge in [-0.25, -0.2) is 0 Å². The number of benzene rings is 1. The molecule has 0 spiro atoms. The van der Waals surface area contributed by atoms with E-state index in [1.165, 1.54) is 4.90 Å². The number of anilines is 1. The van der Waals surface area contributed by atoms with E-state index in [-0.39, 0.29) is 18.2 Å². The standard InChI is InChI=1S/C15H17N3O4/c1-9(6-7-12(20)17-8-19)18-14(21)10-4-3-5-11(16-2)13(10)15(18)22/h3-5,8-9,16H,6-7H2,1-2H3,(H,17,19,20). The second-order valence-electron chi connectivity index (χ2n) is 5.03. The molecule has 0 bridgehead atoms. The molecule has 0 saturated heterocycles. The Morgan fingerprint density at radius 1 is 1.32 bits per heavy atom. The van der Waals surface area contributed by atoms with Gasteiger partial charge in [0.05, 0.1) is 11.1 Å². The number of nitrogens with zero attached hydrogens (tertiary/aromatic N) is 1. The number of carbonyl (C=O) groups is 4. The van der Waals surface area contributed by atoms with E-state index in [0.717, 1.165) is 0 Å². The Balaban J connectivity index is 2.17. The van der Waals surface area contributed by atoms with Crippen molar-refractivity contribution >= 4 is 29.8 Å². The maximum Gasteiger partial charge on any atom is 0.263 e. The summed E-state index contributed by atoms with van der Waals surface area (Å²) in [5, 5.41) is 4.93. The van der Waals surface area contributed by atoms with E-state index in [2.05, 4.69) is 5.32 Å². The fourth-order valence-electron chi connectivity index (χ4n) is 2.52. The first-order chi connectivity index (χ1) is 10.5. The molecule has 1 heterocycles. The van der Waals surface area contributed by atoms with Gasteiger partial charge in [-0.05, 0) is 25.5 Å². The molecule has 7 heteroatoms. The first kappa shape index (κ1) is 15.7. The highest BCUT2D eigenvalue weighted by Crippen LogP contribution is 2.31. The average molecular weight is 303 g/mol. The van der Waals surface area contributed by atoms with Crippen LogP contribution in [0.15, 0.2) is 18.2 Å². The summed E-state index contributed by atoms with van der Waals surface area (Å²) in [4.78, 5) is 47.6. The Hall–Kier alpha value is -2.70. The van der Waals surface area contributed by atoms with E-state index < -0.39 is 11.9 Å². The summed E-state index contributed by atoms with van der Waals surface area (Å²) >= 11 is 0. The number of fused-ring (bicyclic) bond motifs is 1. The van der Waals surface area contributed by atoms with Crippen molar-refractivity contribution in [3.05, 3.63) is 29.3 Å². The summed E-state index contributed by atoms with van der Waals surface area (Å²) in [6.07, 6.45) is 0.667. The summed E-state index contributed by atoms with van der Waals surface area (Å²) in [6, 6.07) is 4.62. The monoisotopic (exact) mass is 303 g/mol. The number of rotatable bonds is 6. The lowest BCUT2D eigenvalue weighted by molar-refractivity contribution is -0.125. The van der Waals surface area contributed by atoms with E-state index in [4.69, 9.17) is 0 Å². The van der Waals surface area contributed by atoms with Gasteiger partial charge in [-0.2, -0.15) is 0 Å². The minimum atomic E-state index is -0.436. The lowest BCUT2D eigenvalue weighted by Gasteiger charge is -2.22. The third kappa shape index (κ3) is 2.69. The molecule has 0 aromatic heterocycles. The van der Waals surface area contributed by atoms with Crippen LogP contribution in [0.4, 0.5) is 5.69 Å². The van der Waals surface area contributed by atoms with Crippen LogP contribution < -0.4 is 10.6 Å². The van der Waals surface area contributed by atoms with Crippen molar-refractivity contribution in [2.45, 2.75) is 25.8 Å². The van der Waals surface area contributed by atoms with Crippen LogP contribution in [-0.2, 0) is 9.59 Å². The van der Waals surface area contributed by atoms with Crippen LogP contribution in [0.1, 0.15) is 40.5 Å². The second-order valence-corrected chi connectivity index (χ2v) is 5.03. The summed E-state index contributed by atoms with van der Waals surface area (Å²) in [6.45, 7) is 1.70. The zero-order chi connectivity index (χ0) is 16.3. The summed E-state index contributed by atoms with van der Waals surface area (Å²) in [7, 11) is 1.68. The fourth-order valence-corrected chi connectivity index (χ4v) is 2.52. The van der Waals surface area contributed by atoms with Gasteiger partial charge < -0.3 is 5.32 Å². The molecule has 1 aromatic rings. The van der Waals surface area contributed by atoms with Gasteiger partial charge >= 0.3 is 0 Å². The normalized spacial score (nSPS) is 14.5. The van der Waals surface area contributed by atoms with E-state index in [1.54, 1.807) is 32.2 Å². The number of carbonyl (C=O) groups excluding carboxylic acids is 4. The maximum atomic E-state index is 12.5. The molecule has 0 aliphatic carbocycles. The van der Waals surface area contributed by atoms with Crippen LogP contribution in [-0.4, -0.2) is 42.1 Å². The smallest absolute Gasteiger partial charge is 0.263 e. The molecule has 116 valence electrons. The average Bonchev–Trinajstić information content (AvgIpc) is 2.77. The van der Waals surface area contributed by atoms with Gasteiger partial charge in [0.1, 0.15) is 0 Å². The SMILES string of the molecule is CNc1cccc2c1C(=O)N(C(C)CCC(=O)NC=O)C2=O. The molecule has 2 N–H and O–H groups in total. The number of hydrogen-bond acceptors (Lipinski definition) is 5. The quantitative estimate of drug-likeness (QED) is 0.597. The van der Waals surface area contributed by atoms with Crippen LogP contribution in [0.3, 0.4) is 0 Å². The van der Waals surface area contributed by atoms with E-state index in [1.807, 2.05) is 5.32 Å². The van der Waals surface area contributed by atoms with Crippen molar-refractivity contribution < 1.29 is 19.2 Å². The van der Waals surface area contributed by atoms with E-state index >= 15 is 0 Å². The maximum absolute atomic E-state index is 12.5. The van der Waals surface area contributed by atoms with Crippen molar-refractivity contribution in [1.82, 2.24) is 10.2 Å². The zero-order valence-electron chi connectivity index (χ0n) is 12.4. The van der Waals surface area contributed by atoms with Crippen molar-refractivity contribution in [1.29, 1.82) is 0 Å². The molecule has 1 aromatic carbocycles. The van der Waals surface area contributed by atoms with E-state index in [9.17, 15) is 19.2 Å². The molecular formula is C15H17N3O4. The minimum Gasteiger partial charge on any atom is -0.387 e. The van der Waals surface area contributed by atoms with Gasteiger partial charge in [0.2, 0.25) is 12.3 Å². The predicted molar refractivity (Wildman–Crippen MR) is 79.4 cm³/mol.